The fourth-order valence-corrected chi connectivity index (χ4v) is 2.84. The van der Waals surface area contributed by atoms with E-state index in [1.807, 2.05) is 18.2 Å². The highest BCUT2D eigenvalue weighted by Crippen LogP contribution is 2.48. The number of hydrogen-bond donors (Lipinski definition) is 1. The topological polar surface area (TPSA) is 37.3 Å². The zero-order chi connectivity index (χ0) is 12.9. The average molecular weight is 238 g/mol. The van der Waals surface area contributed by atoms with Crippen molar-refractivity contribution in [2.24, 2.45) is 0 Å². The monoisotopic (exact) mass is 238 g/mol. The van der Waals surface area contributed by atoms with Gasteiger partial charge in [-0.2, -0.15) is 0 Å². The molecule has 0 bridgehead atoms. The Bertz CT molecular complexity index is 654. The van der Waals surface area contributed by atoms with E-state index in [2.05, 4.69) is 26.0 Å². The third-order valence-electron chi connectivity index (χ3n) is 3.83. The molecule has 0 atom stereocenters. The Kier molecular flexibility index (Phi) is 2.11. The van der Waals surface area contributed by atoms with Crippen LogP contribution in [0, 0.1) is 0 Å². The van der Waals surface area contributed by atoms with E-state index in [9.17, 15) is 4.79 Å². The van der Waals surface area contributed by atoms with Crippen LogP contribution in [-0.4, -0.2) is 11.1 Å². The maximum absolute atomic E-state index is 11.1. The third-order valence-corrected chi connectivity index (χ3v) is 3.83. The van der Waals surface area contributed by atoms with Gasteiger partial charge in [-0.25, -0.2) is 4.79 Å². The van der Waals surface area contributed by atoms with Crippen LogP contribution in [0.25, 0.3) is 11.1 Å². The zero-order valence-corrected chi connectivity index (χ0v) is 10.4. The second-order valence-corrected chi connectivity index (χ2v) is 5.24. The van der Waals surface area contributed by atoms with Gasteiger partial charge in [0, 0.05) is 5.41 Å². The van der Waals surface area contributed by atoms with Crippen LogP contribution in [0.3, 0.4) is 0 Å². The summed E-state index contributed by atoms with van der Waals surface area (Å²) in [6.45, 7) is 4.28. The molecule has 90 valence electrons. The molecule has 0 amide bonds. The predicted octanol–water partition coefficient (Wildman–Crippen LogP) is 3.69. The van der Waals surface area contributed by atoms with Gasteiger partial charge in [0.15, 0.2) is 0 Å². The first-order valence-corrected chi connectivity index (χ1v) is 5.99. The summed E-state index contributed by atoms with van der Waals surface area (Å²) in [7, 11) is 0. The van der Waals surface area contributed by atoms with Crippen molar-refractivity contribution in [3.8, 4) is 11.1 Å². The van der Waals surface area contributed by atoms with E-state index in [4.69, 9.17) is 5.11 Å². The summed E-state index contributed by atoms with van der Waals surface area (Å²) in [5.74, 6) is -0.871. The van der Waals surface area contributed by atoms with Crippen molar-refractivity contribution in [3.63, 3.8) is 0 Å². The van der Waals surface area contributed by atoms with E-state index in [-0.39, 0.29) is 5.41 Å². The van der Waals surface area contributed by atoms with Gasteiger partial charge in [-0.05, 0) is 34.4 Å². The Morgan fingerprint density at radius 3 is 2.39 bits per heavy atom. The van der Waals surface area contributed by atoms with E-state index in [0.717, 1.165) is 11.1 Å². The number of benzene rings is 2. The Labute approximate surface area is 106 Å². The first-order valence-electron chi connectivity index (χ1n) is 5.99. The van der Waals surface area contributed by atoms with Crippen LogP contribution in [-0.2, 0) is 5.41 Å². The normalized spacial score (nSPS) is 15.0. The van der Waals surface area contributed by atoms with E-state index < -0.39 is 5.97 Å². The lowest BCUT2D eigenvalue weighted by Crippen LogP contribution is -2.15. The highest BCUT2D eigenvalue weighted by Gasteiger charge is 2.35. The molecule has 2 heteroatoms. The van der Waals surface area contributed by atoms with Crippen molar-refractivity contribution >= 4 is 5.97 Å². The molecule has 0 saturated heterocycles. The molecule has 0 saturated carbocycles. The van der Waals surface area contributed by atoms with Crippen LogP contribution in [0.2, 0.25) is 0 Å². The van der Waals surface area contributed by atoms with Crippen molar-refractivity contribution in [1.82, 2.24) is 0 Å². The van der Waals surface area contributed by atoms with Crippen molar-refractivity contribution in [1.29, 1.82) is 0 Å². The second-order valence-electron chi connectivity index (χ2n) is 5.24. The molecule has 0 spiro atoms. The number of rotatable bonds is 1. The van der Waals surface area contributed by atoms with Crippen molar-refractivity contribution < 1.29 is 9.90 Å². The molecular formula is C16H14O2. The fraction of sp³-hybridized carbons (Fsp3) is 0.188. The predicted molar refractivity (Wildman–Crippen MR) is 71.0 cm³/mol. The van der Waals surface area contributed by atoms with Gasteiger partial charge in [0.05, 0.1) is 5.56 Å². The van der Waals surface area contributed by atoms with Crippen molar-refractivity contribution in [2.75, 3.05) is 0 Å². The number of carboxylic acid groups (broad SMARTS) is 1. The van der Waals surface area contributed by atoms with E-state index in [0.29, 0.717) is 5.56 Å². The lowest BCUT2D eigenvalue weighted by Gasteiger charge is -2.21. The van der Waals surface area contributed by atoms with E-state index in [1.165, 1.54) is 11.1 Å². The molecule has 1 N–H and O–H groups in total. The molecule has 1 aliphatic carbocycles. The molecule has 2 aromatic carbocycles. The second kappa shape index (κ2) is 3.45. The largest absolute Gasteiger partial charge is 0.478 e. The van der Waals surface area contributed by atoms with Crippen molar-refractivity contribution in [2.45, 2.75) is 19.3 Å². The minimum atomic E-state index is -0.871. The standard InChI is InChI=1S/C16H14O2/c1-16(2)13-6-4-3-5-11(13)12-8-7-10(15(17)18)9-14(12)16/h3-9H,1-2H3,(H,17,18). The highest BCUT2D eigenvalue weighted by molar-refractivity contribution is 5.91. The summed E-state index contributed by atoms with van der Waals surface area (Å²) in [4.78, 5) is 11.1. The van der Waals surface area contributed by atoms with Gasteiger partial charge >= 0.3 is 5.97 Å². The first kappa shape index (κ1) is 11.0. The molecule has 2 aromatic rings. The smallest absolute Gasteiger partial charge is 0.335 e. The lowest BCUT2D eigenvalue weighted by atomic mass is 9.82. The molecule has 3 rings (SSSR count). The summed E-state index contributed by atoms with van der Waals surface area (Å²) in [5, 5.41) is 9.10. The molecule has 0 aromatic heterocycles. The molecule has 0 radical (unpaired) electrons. The summed E-state index contributed by atoms with van der Waals surface area (Å²) >= 11 is 0. The summed E-state index contributed by atoms with van der Waals surface area (Å²) in [6.07, 6.45) is 0. The maximum atomic E-state index is 11.1. The minimum Gasteiger partial charge on any atom is -0.478 e. The molecular weight excluding hydrogens is 224 g/mol. The molecule has 18 heavy (non-hydrogen) atoms. The fourth-order valence-electron chi connectivity index (χ4n) is 2.84. The minimum absolute atomic E-state index is 0.128. The van der Waals surface area contributed by atoms with Crippen LogP contribution < -0.4 is 0 Å². The van der Waals surface area contributed by atoms with E-state index >= 15 is 0 Å². The Morgan fingerprint density at radius 2 is 1.67 bits per heavy atom. The van der Waals surface area contributed by atoms with Crippen molar-refractivity contribution in [3.05, 3.63) is 59.2 Å². The highest BCUT2D eigenvalue weighted by atomic mass is 16.4. The van der Waals surface area contributed by atoms with Crippen LogP contribution in [0.5, 0.6) is 0 Å². The third kappa shape index (κ3) is 1.32. The van der Waals surface area contributed by atoms with Crippen LogP contribution >= 0.6 is 0 Å². The van der Waals surface area contributed by atoms with Crippen LogP contribution in [0.15, 0.2) is 42.5 Å². The Morgan fingerprint density at radius 1 is 1.00 bits per heavy atom. The number of carbonyl (C=O) groups is 1. The maximum Gasteiger partial charge on any atom is 0.335 e. The quantitative estimate of drug-likeness (QED) is 0.822. The lowest BCUT2D eigenvalue weighted by molar-refractivity contribution is 0.0697. The van der Waals surface area contributed by atoms with E-state index in [1.54, 1.807) is 12.1 Å². The number of hydrogen-bond acceptors (Lipinski definition) is 1. The van der Waals surface area contributed by atoms with Crippen LogP contribution in [0.1, 0.15) is 35.3 Å². The Hall–Kier alpha value is -2.09. The molecule has 1 aliphatic rings. The van der Waals surface area contributed by atoms with Gasteiger partial charge in [0.2, 0.25) is 0 Å². The van der Waals surface area contributed by atoms with Gasteiger partial charge in [0.25, 0.3) is 0 Å². The average Bonchev–Trinajstić information content (AvgIpc) is 2.59. The van der Waals surface area contributed by atoms with Gasteiger partial charge in [-0.3, -0.25) is 0 Å². The van der Waals surface area contributed by atoms with Gasteiger partial charge < -0.3 is 5.11 Å². The van der Waals surface area contributed by atoms with Gasteiger partial charge in [0.1, 0.15) is 0 Å². The number of carboxylic acids is 1. The summed E-state index contributed by atoms with van der Waals surface area (Å²) in [5.41, 5.74) is 4.97. The molecule has 2 nitrogen and oxygen atoms in total. The molecule has 0 heterocycles. The SMILES string of the molecule is CC1(C)c2ccccc2-c2ccc(C(=O)O)cc21. The van der Waals surface area contributed by atoms with Gasteiger partial charge in [-0.1, -0.05) is 44.2 Å². The summed E-state index contributed by atoms with van der Waals surface area (Å²) in [6, 6.07) is 13.7. The number of fused-ring (bicyclic) bond motifs is 3. The molecule has 0 fully saturated rings. The van der Waals surface area contributed by atoms with Gasteiger partial charge in [-0.15, -0.1) is 0 Å². The van der Waals surface area contributed by atoms with Crippen LogP contribution in [0.4, 0.5) is 0 Å². The molecule has 0 aliphatic heterocycles. The first-order chi connectivity index (χ1) is 8.51. The number of aromatic carboxylic acids is 1. The Balaban J connectivity index is 2.31. The zero-order valence-electron chi connectivity index (χ0n) is 10.4. The summed E-state index contributed by atoms with van der Waals surface area (Å²) < 4.78 is 0. The molecule has 0 unspecified atom stereocenters.